The molecule has 0 unspecified atom stereocenters. The van der Waals surface area contributed by atoms with E-state index in [9.17, 15) is 5.11 Å². The highest BCUT2D eigenvalue weighted by atomic mass is 16.3. The molecule has 1 saturated heterocycles. The Bertz CT molecular complexity index is 363. The second kappa shape index (κ2) is 5.85. The predicted molar refractivity (Wildman–Crippen MR) is 75.9 cm³/mol. The second-order valence-electron chi connectivity index (χ2n) is 6.04. The third kappa shape index (κ3) is 3.33. The lowest BCUT2D eigenvalue weighted by atomic mass is 9.85. The van der Waals surface area contributed by atoms with E-state index in [0.717, 1.165) is 6.42 Å². The normalized spacial score (nSPS) is 17.3. The molecule has 0 saturated carbocycles. The molecule has 0 spiro atoms. The van der Waals surface area contributed by atoms with Crippen LogP contribution in [-0.2, 0) is 11.8 Å². The summed E-state index contributed by atoms with van der Waals surface area (Å²) < 4.78 is 0. The van der Waals surface area contributed by atoms with Gasteiger partial charge < -0.3 is 10.0 Å². The Balaban J connectivity index is 1.91. The van der Waals surface area contributed by atoms with Crippen LogP contribution < -0.4 is 0 Å². The zero-order chi connectivity index (χ0) is 13.0. The fraction of sp³-hybridized carbons (Fsp3) is 0.625. The van der Waals surface area contributed by atoms with Gasteiger partial charge in [-0.25, -0.2) is 0 Å². The van der Waals surface area contributed by atoms with Crippen molar-refractivity contribution in [3.63, 3.8) is 0 Å². The Morgan fingerprint density at radius 2 is 1.72 bits per heavy atom. The predicted octanol–water partition coefficient (Wildman–Crippen LogP) is 2.59. The highest BCUT2D eigenvalue weighted by Gasteiger charge is 2.18. The van der Waals surface area contributed by atoms with Crippen molar-refractivity contribution >= 4 is 0 Å². The molecule has 0 aliphatic carbocycles. The van der Waals surface area contributed by atoms with Crippen molar-refractivity contribution in [3.8, 4) is 0 Å². The van der Waals surface area contributed by atoms with Crippen molar-refractivity contribution in [1.82, 2.24) is 4.90 Å². The fourth-order valence-corrected chi connectivity index (χ4v) is 2.51. The molecule has 0 radical (unpaired) electrons. The summed E-state index contributed by atoms with van der Waals surface area (Å²) in [5, 5.41) is 9.36. The van der Waals surface area contributed by atoms with Gasteiger partial charge in [-0.2, -0.15) is 0 Å². The minimum absolute atomic E-state index is 0.131. The van der Waals surface area contributed by atoms with Crippen LogP contribution in [-0.4, -0.2) is 36.2 Å². The van der Waals surface area contributed by atoms with E-state index in [1.807, 2.05) is 0 Å². The first-order chi connectivity index (χ1) is 8.62. The number of rotatable bonds is 5. The summed E-state index contributed by atoms with van der Waals surface area (Å²) in [7, 11) is 0. The maximum atomic E-state index is 9.36. The number of hydrogen-bond donors (Lipinski definition) is 1. The van der Waals surface area contributed by atoms with Gasteiger partial charge in [0.1, 0.15) is 0 Å². The Morgan fingerprint density at radius 3 is 2.28 bits per heavy atom. The van der Waals surface area contributed by atoms with E-state index >= 15 is 0 Å². The van der Waals surface area contributed by atoms with E-state index in [-0.39, 0.29) is 12.0 Å². The van der Waals surface area contributed by atoms with Gasteiger partial charge in [0, 0.05) is 12.0 Å². The van der Waals surface area contributed by atoms with Gasteiger partial charge in [0.15, 0.2) is 0 Å². The molecule has 1 fully saturated rings. The average Bonchev–Trinajstić information content (AvgIpc) is 2.90. The molecule has 2 heteroatoms. The first-order valence-corrected chi connectivity index (χ1v) is 7.04. The van der Waals surface area contributed by atoms with Crippen LogP contribution in [0.1, 0.15) is 37.8 Å². The minimum atomic E-state index is -0.131. The molecule has 0 amide bonds. The lowest BCUT2D eigenvalue weighted by molar-refractivity contribution is 0.218. The van der Waals surface area contributed by atoms with Crippen LogP contribution in [0.3, 0.4) is 0 Å². The number of aliphatic hydroxyl groups is 1. The molecule has 0 atom stereocenters. The smallest absolute Gasteiger partial charge is 0.0522 e. The van der Waals surface area contributed by atoms with E-state index in [1.54, 1.807) is 0 Å². The van der Waals surface area contributed by atoms with Gasteiger partial charge in [-0.3, -0.25) is 0 Å². The second-order valence-corrected chi connectivity index (χ2v) is 6.04. The molecular formula is C16H25NO. The standard InChI is InChI=1S/C16H25NO/c1-16(2,13-18)15-7-5-14(6-8-15)9-12-17-10-3-4-11-17/h5-8,18H,3-4,9-13H2,1-2H3. The van der Waals surface area contributed by atoms with Crippen molar-refractivity contribution in [3.05, 3.63) is 35.4 Å². The van der Waals surface area contributed by atoms with Crippen LogP contribution in [0, 0.1) is 0 Å². The maximum Gasteiger partial charge on any atom is 0.0522 e. The topological polar surface area (TPSA) is 23.5 Å². The lowest BCUT2D eigenvalue weighted by Crippen LogP contribution is -2.23. The summed E-state index contributed by atoms with van der Waals surface area (Å²) in [5.74, 6) is 0. The first kappa shape index (κ1) is 13.6. The van der Waals surface area contributed by atoms with Crippen LogP contribution in [0.2, 0.25) is 0 Å². The molecule has 1 heterocycles. The van der Waals surface area contributed by atoms with Crippen molar-refractivity contribution in [2.45, 2.75) is 38.5 Å². The van der Waals surface area contributed by atoms with E-state index < -0.39 is 0 Å². The van der Waals surface area contributed by atoms with Gasteiger partial charge in [0.2, 0.25) is 0 Å². The molecule has 1 aromatic rings. The molecule has 1 aliphatic rings. The number of hydrogen-bond acceptors (Lipinski definition) is 2. The van der Waals surface area contributed by atoms with Gasteiger partial charge in [0.25, 0.3) is 0 Å². The summed E-state index contributed by atoms with van der Waals surface area (Å²) in [6, 6.07) is 8.75. The molecule has 1 aliphatic heterocycles. The molecule has 2 nitrogen and oxygen atoms in total. The van der Waals surface area contributed by atoms with Gasteiger partial charge in [-0.15, -0.1) is 0 Å². The van der Waals surface area contributed by atoms with Crippen LogP contribution >= 0.6 is 0 Å². The summed E-state index contributed by atoms with van der Waals surface area (Å²) in [4.78, 5) is 2.55. The van der Waals surface area contributed by atoms with E-state index in [0.29, 0.717) is 0 Å². The van der Waals surface area contributed by atoms with Crippen LogP contribution in [0.15, 0.2) is 24.3 Å². The summed E-state index contributed by atoms with van der Waals surface area (Å²) in [6.45, 7) is 8.08. The van der Waals surface area contributed by atoms with Crippen molar-refractivity contribution in [2.24, 2.45) is 0 Å². The molecule has 18 heavy (non-hydrogen) atoms. The zero-order valence-electron chi connectivity index (χ0n) is 11.7. The van der Waals surface area contributed by atoms with Gasteiger partial charge in [-0.1, -0.05) is 38.1 Å². The van der Waals surface area contributed by atoms with Gasteiger partial charge in [0.05, 0.1) is 6.61 Å². The molecule has 0 aromatic heterocycles. The van der Waals surface area contributed by atoms with E-state index in [1.165, 1.54) is 43.6 Å². The minimum Gasteiger partial charge on any atom is -0.395 e. The molecule has 1 aromatic carbocycles. The number of aliphatic hydroxyl groups excluding tert-OH is 1. The SMILES string of the molecule is CC(C)(CO)c1ccc(CCN2CCCC2)cc1. The van der Waals surface area contributed by atoms with E-state index in [4.69, 9.17) is 0 Å². The zero-order valence-corrected chi connectivity index (χ0v) is 11.7. The molecular weight excluding hydrogens is 222 g/mol. The number of nitrogens with zero attached hydrogens (tertiary/aromatic N) is 1. The van der Waals surface area contributed by atoms with Crippen LogP contribution in [0.5, 0.6) is 0 Å². The quantitative estimate of drug-likeness (QED) is 0.864. The third-order valence-corrected chi connectivity index (χ3v) is 4.05. The van der Waals surface area contributed by atoms with Gasteiger partial charge in [-0.05, 0) is 43.5 Å². The Morgan fingerprint density at radius 1 is 1.11 bits per heavy atom. The molecule has 0 bridgehead atoms. The van der Waals surface area contributed by atoms with E-state index in [2.05, 4.69) is 43.0 Å². The average molecular weight is 247 g/mol. The van der Waals surface area contributed by atoms with Crippen molar-refractivity contribution < 1.29 is 5.11 Å². The van der Waals surface area contributed by atoms with Crippen LogP contribution in [0.4, 0.5) is 0 Å². The summed E-state index contributed by atoms with van der Waals surface area (Å²) in [5.41, 5.74) is 2.49. The summed E-state index contributed by atoms with van der Waals surface area (Å²) >= 11 is 0. The molecule has 2 rings (SSSR count). The Hall–Kier alpha value is -0.860. The third-order valence-electron chi connectivity index (χ3n) is 4.05. The lowest BCUT2D eigenvalue weighted by Gasteiger charge is -2.22. The van der Waals surface area contributed by atoms with Gasteiger partial charge >= 0.3 is 0 Å². The number of benzene rings is 1. The highest BCUT2D eigenvalue weighted by molar-refractivity contribution is 5.28. The molecule has 1 N–H and O–H groups in total. The maximum absolute atomic E-state index is 9.36. The Kier molecular flexibility index (Phi) is 4.41. The van der Waals surface area contributed by atoms with Crippen LogP contribution in [0.25, 0.3) is 0 Å². The van der Waals surface area contributed by atoms with Crippen molar-refractivity contribution in [2.75, 3.05) is 26.2 Å². The number of likely N-dealkylation sites (tertiary alicyclic amines) is 1. The van der Waals surface area contributed by atoms with Crippen molar-refractivity contribution in [1.29, 1.82) is 0 Å². The fourth-order valence-electron chi connectivity index (χ4n) is 2.51. The summed E-state index contributed by atoms with van der Waals surface area (Å²) in [6.07, 6.45) is 3.87. The monoisotopic (exact) mass is 247 g/mol. The largest absolute Gasteiger partial charge is 0.395 e. The molecule has 100 valence electrons. The Labute approximate surface area is 111 Å². The first-order valence-electron chi connectivity index (χ1n) is 7.04. The highest BCUT2D eigenvalue weighted by Crippen LogP contribution is 2.22.